The fourth-order valence-corrected chi connectivity index (χ4v) is 3.02. The molecule has 9 heteroatoms. The third-order valence-corrected chi connectivity index (χ3v) is 4.88. The van der Waals surface area contributed by atoms with Crippen LogP contribution in [0.1, 0.15) is 16.7 Å². The van der Waals surface area contributed by atoms with Crippen LogP contribution in [0.3, 0.4) is 0 Å². The third-order valence-electron chi connectivity index (χ3n) is 4.88. The number of para-hydroxylation sites is 2. The monoisotopic (exact) mass is 474 g/mol. The molecular formula is C26H26N4O5. The van der Waals surface area contributed by atoms with Crippen molar-refractivity contribution in [3.8, 4) is 11.5 Å². The summed E-state index contributed by atoms with van der Waals surface area (Å²) in [6.45, 7) is 3.53. The molecule has 3 aromatic carbocycles. The molecule has 3 rings (SSSR count). The van der Waals surface area contributed by atoms with Crippen molar-refractivity contribution in [3.63, 3.8) is 0 Å². The van der Waals surface area contributed by atoms with E-state index in [1.807, 2.05) is 44.2 Å². The predicted octanol–water partition coefficient (Wildman–Crippen LogP) is 3.42. The van der Waals surface area contributed by atoms with Gasteiger partial charge in [0.25, 0.3) is 5.91 Å². The number of methoxy groups -OCH3 is 1. The van der Waals surface area contributed by atoms with E-state index in [9.17, 15) is 14.4 Å². The summed E-state index contributed by atoms with van der Waals surface area (Å²) in [6.07, 6.45) is 1.30. The van der Waals surface area contributed by atoms with Crippen LogP contribution < -0.4 is 25.5 Å². The molecule has 0 radical (unpaired) electrons. The van der Waals surface area contributed by atoms with Gasteiger partial charge in [-0.3, -0.25) is 14.4 Å². The number of carbonyl (C=O) groups is 3. The third kappa shape index (κ3) is 7.16. The zero-order valence-corrected chi connectivity index (χ0v) is 19.6. The Morgan fingerprint density at radius 1 is 0.886 bits per heavy atom. The number of rotatable bonds is 8. The van der Waals surface area contributed by atoms with Crippen molar-refractivity contribution in [2.45, 2.75) is 13.8 Å². The summed E-state index contributed by atoms with van der Waals surface area (Å²) < 4.78 is 11.0. The summed E-state index contributed by atoms with van der Waals surface area (Å²) >= 11 is 0. The maximum atomic E-state index is 12.4. The molecule has 0 unspecified atom stereocenters. The van der Waals surface area contributed by atoms with Gasteiger partial charge in [-0.1, -0.05) is 42.0 Å². The highest BCUT2D eigenvalue weighted by Gasteiger charge is 2.15. The van der Waals surface area contributed by atoms with Crippen molar-refractivity contribution in [2.75, 3.05) is 24.4 Å². The van der Waals surface area contributed by atoms with Crippen molar-refractivity contribution in [2.24, 2.45) is 5.10 Å². The minimum Gasteiger partial charge on any atom is -0.493 e. The summed E-state index contributed by atoms with van der Waals surface area (Å²) in [5, 5.41) is 9.12. The van der Waals surface area contributed by atoms with E-state index in [0.29, 0.717) is 22.7 Å². The van der Waals surface area contributed by atoms with Crippen molar-refractivity contribution in [3.05, 3.63) is 83.4 Å². The number of hydrazone groups is 1. The Kier molecular flexibility index (Phi) is 8.55. The number of carbonyl (C=O) groups excluding carboxylic acids is 3. The van der Waals surface area contributed by atoms with Crippen molar-refractivity contribution in [1.29, 1.82) is 0 Å². The molecule has 35 heavy (non-hydrogen) atoms. The summed E-state index contributed by atoms with van der Waals surface area (Å²) in [5.74, 6) is -1.52. The first-order chi connectivity index (χ1) is 16.9. The van der Waals surface area contributed by atoms with Gasteiger partial charge in [0, 0.05) is 16.9 Å². The molecule has 0 spiro atoms. The normalized spacial score (nSPS) is 10.5. The van der Waals surface area contributed by atoms with Crippen LogP contribution in [0.5, 0.6) is 11.5 Å². The highest BCUT2D eigenvalue weighted by atomic mass is 16.5. The lowest BCUT2D eigenvalue weighted by Gasteiger charge is -2.13. The summed E-state index contributed by atoms with van der Waals surface area (Å²) in [5.41, 5.74) is 5.75. The van der Waals surface area contributed by atoms with Gasteiger partial charge in [-0.2, -0.15) is 5.10 Å². The maximum absolute atomic E-state index is 12.4. The van der Waals surface area contributed by atoms with Gasteiger partial charge in [0.1, 0.15) is 0 Å². The van der Waals surface area contributed by atoms with Gasteiger partial charge in [0.15, 0.2) is 18.1 Å². The predicted molar refractivity (Wildman–Crippen MR) is 134 cm³/mol. The fraction of sp³-hybridized carbons (Fsp3) is 0.154. The van der Waals surface area contributed by atoms with E-state index in [0.717, 1.165) is 11.1 Å². The number of benzene rings is 3. The Morgan fingerprint density at radius 3 is 2.34 bits per heavy atom. The van der Waals surface area contributed by atoms with E-state index < -0.39 is 11.8 Å². The van der Waals surface area contributed by atoms with E-state index in [4.69, 9.17) is 9.47 Å². The number of hydrogen-bond acceptors (Lipinski definition) is 6. The number of anilines is 2. The molecule has 3 aromatic rings. The molecule has 0 fully saturated rings. The van der Waals surface area contributed by atoms with Crippen LogP contribution in [0.2, 0.25) is 0 Å². The quantitative estimate of drug-likeness (QED) is 0.263. The molecule has 0 atom stereocenters. The lowest BCUT2D eigenvalue weighted by Crippen LogP contribution is -2.32. The summed E-state index contributed by atoms with van der Waals surface area (Å²) in [6, 6.07) is 19.4. The lowest BCUT2D eigenvalue weighted by molar-refractivity contribution is -0.136. The van der Waals surface area contributed by atoms with Crippen LogP contribution in [0.25, 0.3) is 0 Å². The standard InChI is InChI=1S/C26H26N4O5/c1-17-11-13-20(14-12-17)28-25(32)26(33)30-27-15-19-8-6-10-22(34-3)24(19)35-16-23(31)29-21-9-5-4-7-18(21)2/h4-15H,16H2,1-3H3,(H,28,32)(H,29,31)(H,30,33)/b27-15-. The van der Waals surface area contributed by atoms with E-state index in [1.165, 1.54) is 13.3 Å². The summed E-state index contributed by atoms with van der Waals surface area (Å²) in [7, 11) is 1.47. The van der Waals surface area contributed by atoms with Gasteiger partial charge in [0.05, 0.1) is 13.3 Å². The van der Waals surface area contributed by atoms with Crippen molar-refractivity contribution < 1.29 is 23.9 Å². The average molecular weight is 475 g/mol. The molecule has 3 N–H and O–H groups in total. The average Bonchev–Trinajstić information content (AvgIpc) is 2.85. The number of nitrogens with one attached hydrogen (secondary N) is 3. The smallest absolute Gasteiger partial charge is 0.329 e. The van der Waals surface area contributed by atoms with Gasteiger partial charge in [-0.15, -0.1) is 0 Å². The molecule has 180 valence electrons. The SMILES string of the molecule is COc1cccc(/C=N\NC(=O)C(=O)Nc2ccc(C)cc2)c1OCC(=O)Nc1ccccc1C. The van der Waals surface area contributed by atoms with Gasteiger partial charge >= 0.3 is 11.8 Å². The minimum atomic E-state index is -0.940. The first-order valence-corrected chi connectivity index (χ1v) is 10.7. The van der Waals surface area contributed by atoms with Crippen molar-refractivity contribution >= 4 is 35.3 Å². The number of hydrogen-bond donors (Lipinski definition) is 3. The molecule has 0 aliphatic heterocycles. The first kappa shape index (κ1) is 25.0. The van der Waals surface area contributed by atoms with Crippen LogP contribution in [0, 0.1) is 13.8 Å². The van der Waals surface area contributed by atoms with E-state index >= 15 is 0 Å². The molecule has 0 bridgehead atoms. The lowest BCUT2D eigenvalue weighted by atomic mass is 10.2. The minimum absolute atomic E-state index is 0.261. The Balaban J connectivity index is 1.62. The summed E-state index contributed by atoms with van der Waals surface area (Å²) in [4.78, 5) is 36.5. The second kappa shape index (κ2) is 12.0. The van der Waals surface area contributed by atoms with Crippen LogP contribution in [-0.4, -0.2) is 37.7 Å². The molecule has 3 amide bonds. The molecule has 0 saturated carbocycles. The van der Waals surface area contributed by atoms with Gasteiger partial charge in [-0.05, 0) is 49.7 Å². The molecule has 9 nitrogen and oxygen atoms in total. The van der Waals surface area contributed by atoms with Crippen LogP contribution in [0.4, 0.5) is 11.4 Å². The number of nitrogens with zero attached hydrogens (tertiary/aromatic N) is 1. The van der Waals surface area contributed by atoms with Gasteiger partial charge in [0.2, 0.25) is 0 Å². The van der Waals surface area contributed by atoms with Crippen LogP contribution in [0.15, 0.2) is 71.8 Å². The highest BCUT2D eigenvalue weighted by Crippen LogP contribution is 2.30. The van der Waals surface area contributed by atoms with Crippen LogP contribution >= 0.6 is 0 Å². The molecular weight excluding hydrogens is 448 g/mol. The molecule has 0 heterocycles. The second-order valence-electron chi connectivity index (χ2n) is 7.55. The Bertz CT molecular complexity index is 1240. The van der Waals surface area contributed by atoms with Gasteiger partial charge < -0.3 is 20.1 Å². The number of amides is 3. The maximum Gasteiger partial charge on any atom is 0.329 e. The highest BCUT2D eigenvalue weighted by molar-refractivity contribution is 6.39. The Hall–Kier alpha value is -4.66. The molecule has 0 aromatic heterocycles. The molecule has 0 aliphatic carbocycles. The topological polar surface area (TPSA) is 118 Å². The molecule has 0 saturated heterocycles. The first-order valence-electron chi connectivity index (χ1n) is 10.7. The number of ether oxygens (including phenoxy) is 2. The number of aryl methyl sites for hydroxylation is 2. The zero-order chi connectivity index (χ0) is 25.2. The molecule has 0 aliphatic rings. The Labute approximate surface area is 203 Å². The Morgan fingerprint density at radius 2 is 1.63 bits per heavy atom. The van der Waals surface area contributed by atoms with E-state index in [2.05, 4.69) is 21.2 Å². The fourth-order valence-electron chi connectivity index (χ4n) is 3.02. The van der Waals surface area contributed by atoms with E-state index in [1.54, 1.807) is 36.4 Å². The van der Waals surface area contributed by atoms with Crippen molar-refractivity contribution in [1.82, 2.24) is 5.43 Å². The largest absolute Gasteiger partial charge is 0.493 e. The zero-order valence-electron chi connectivity index (χ0n) is 19.6. The van der Waals surface area contributed by atoms with Crippen LogP contribution in [-0.2, 0) is 14.4 Å². The van der Waals surface area contributed by atoms with E-state index in [-0.39, 0.29) is 18.3 Å². The second-order valence-corrected chi connectivity index (χ2v) is 7.55. The van der Waals surface area contributed by atoms with Gasteiger partial charge in [-0.25, -0.2) is 5.43 Å².